The summed E-state index contributed by atoms with van der Waals surface area (Å²) in [6.07, 6.45) is 0.880. The highest BCUT2D eigenvalue weighted by atomic mass is 19.4. The minimum Gasteiger partial charge on any atom is -0.379 e. The molecule has 4 rings (SSSR count). The van der Waals surface area contributed by atoms with E-state index < -0.39 is 23.2 Å². The second kappa shape index (κ2) is 10.7. The number of alkyl halides is 3. The molecule has 1 saturated carbocycles. The Morgan fingerprint density at radius 1 is 1.26 bits per heavy atom. The summed E-state index contributed by atoms with van der Waals surface area (Å²) in [4.78, 5) is 14.0. The second-order valence-electron chi connectivity index (χ2n) is 10.5. The molecule has 3 aliphatic rings. The Morgan fingerprint density at radius 3 is 2.74 bits per heavy atom. The van der Waals surface area contributed by atoms with Gasteiger partial charge < -0.3 is 20.1 Å². The van der Waals surface area contributed by atoms with Crippen molar-refractivity contribution in [3.63, 3.8) is 0 Å². The van der Waals surface area contributed by atoms with E-state index in [-0.39, 0.29) is 41.9 Å². The number of ether oxygens (including phenoxy) is 2. The van der Waals surface area contributed by atoms with Crippen molar-refractivity contribution in [2.24, 2.45) is 11.3 Å². The van der Waals surface area contributed by atoms with Crippen molar-refractivity contribution in [1.82, 2.24) is 10.6 Å². The Labute approximate surface area is 205 Å². The third-order valence-electron chi connectivity index (χ3n) is 8.23. The highest BCUT2D eigenvalue weighted by molar-refractivity contribution is 5.92. The topological polar surface area (TPSA) is 59.6 Å². The molecule has 1 aromatic rings. The van der Waals surface area contributed by atoms with Gasteiger partial charge in [0, 0.05) is 37.8 Å². The summed E-state index contributed by atoms with van der Waals surface area (Å²) in [7, 11) is 1.70. The summed E-state index contributed by atoms with van der Waals surface area (Å²) in [5.74, 6) is 0.260. The molecule has 8 heteroatoms. The van der Waals surface area contributed by atoms with Crippen molar-refractivity contribution in [2.45, 2.75) is 76.4 Å². The Morgan fingerprint density at radius 2 is 2.03 bits per heavy atom. The summed E-state index contributed by atoms with van der Waals surface area (Å²) in [5.41, 5.74) is -0.386. The van der Waals surface area contributed by atoms with Gasteiger partial charge in [-0.25, -0.2) is 0 Å². The van der Waals surface area contributed by atoms with Crippen molar-refractivity contribution >= 4 is 11.4 Å². The van der Waals surface area contributed by atoms with E-state index in [2.05, 4.69) is 24.5 Å². The van der Waals surface area contributed by atoms with Crippen molar-refractivity contribution in [3.8, 4) is 0 Å². The van der Waals surface area contributed by atoms with Crippen molar-refractivity contribution in [3.05, 3.63) is 41.5 Å². The fourth-order valence-corrected chi connectivity index (χ4v) is 6.15. The molecule has 5 atom stereocenters. The zero-order valence-corrected chi connectivity index (χ0v) is 20.8. The van der Waals surface area contributed by atoms with Crippen LogP contribution < -0.4 is 10.6 Å². The number of hydrogen-bond donors (Lipinski definition) is 2. The smallest absolute Gasteiger partial charge is 0.379 e. The van der Waals surface area contributed by atoms with Crippen LogP contribution >= 0.6 is 0 Å². The first kappa shape index (κ1) is 26.3. The molecule has 2 heterocycles. The first-order valence-electron chi connectivity index (χ1n) is 12.7. The Hall–Kier alpha value is -1.74. The lowest BCUT2D eigenvalue weighted by Crippen LogP contribution is -2.52. The van der Waals surface area contributed by atoms with Crippen LogP contribution in [0.15, 0.2) is 30.3 Å². The van der Waals surface area contributed by atoms with Gasteiger partial charge in [0.2, 0.25) is 0 Å². The molecule has 2 aliphatic heterocycles. The van der Waals surface area contributed by atoms with Gasteiger partial charge in [-0.1, -0.05) is 38.1 Å². The molecule has 1 aliphatic carbocycles. The molecule has 0 bridgehead atoms. The minimum atomic E-state index is -4.43. The normalized spacial score (nSPS) is 32.0. The van der Waals surface area contributed by atoms with Crippen LogP contribution in [0.5, 0.6) is 0 Å². The van der Waals surface area contributed by atoms with Crippen molar-refractivity contribution < 1.29 is 27.4 Å². The summed E-state index contributed by atoms with van der Waals surface area (Å²) < 4.78 is 52.0. The molecule has 35 heavy (non-hydrogen) atoms. The maximum atomic E-state index is 14.0. The van der Waals surface area contributed by atoms with E-state index in [1.807, 2.05) is 0 Å². The number of carbonyl (C=O) groups is 1. The lowest BCUT2D eigenvalue weighted by molar-refractivity contribution is -0.137. The number of halogens is 3. The maximum Gasteiger partial charge on any atom is 0.416 e. The number of rotatable bonds is 7. The zero-order valence-electron chi connectivity index (χ0n) is 20.8. The first-order chi connectivity index (χ1) is 16.7. The van der Waals surface area contributed by atoms with Gasteiger partial charge in [-0.3, -0.25) is 4.79 Å². The molecule has 0 spiro atoms. The number of ketones is 1. The van der Waals surface area contributed by atoms with Crippen LogP contribution in [0, 0.1) is 11.3 Å². The highest BCUT2D eigenvalue weighted by Gasteiger charge is 2.50. The fraction of sp³-hybridized carbons (Fsp3) is 0.667. The summed E-state index contributed by atoms with van der Waals surface area (Å²) in [6, 6.07) is 5.55. The van der Waals surface area contributed by atoms with E-state index in [1.54, 1.807) is 19.3 Å². The van der Waals surface area contributed by atoms with Crippen molar-refractivity contribution in [1.29, 1.82) is 0 Å². The molecule has 3 unspecified atom stereocenters. The molecular formula is C27H37F3N2O3. The lowest BCUT2D eigenvalue weighted by atomic mass is 9.69. The summed E-state index contributed by atoms with van der Waals surface area (Å²) in [5, 5.41) is 7.01. The van der Waals surface area contributed by atoms with Gasteiger partial charge in [-0.05, 0) is 55.2 Å². The average Bonchev–Trinajstić information content (AvgIpc) is 3.28. The van der Waals surface area contributed by atoms with Crippen LogP contribution in [0.3, 0.4) is 0 Å². The molecule has 1 saturated heterocycles. The number of hydrogen-bond acceptors (Lipinski definition) is 5. The van der Waals surface area contributed by atoms with E-state index in [0.717, 1.165) is 31.7 Å². The maximum absolute atomic E-state index is 14.0. The van der Waals surface area contributed by atoms with Crippen LogP contribution in [-0.4, -0.2) is 56.9 Å². The standard InChI is InChI=1S/C27H37F3N2O3/c1-17(2)26(11-8-19(15-26)32-22-10-13-35-16-24(22)34-3)25(33)23-14-18(9-12-31-23)20-6-4-5-7-21(20)27(28,29)30/h4-7,9,17,19,22-24,31-32H,8,10-16H2,1-3H3/t19-,22?,23?,24-,26?/m1/s1. The van der Waals surface area contributed by atoms with Crippen LogP contribution in [0.4, 0.5) is 13.2 Å². The lowest BCUT2D eigenvalue weighted by Gasteiger charge is -2.38. The number of nitrogens with one attached hydrogen (secondary N) is 2. The largest absolute Gasteiger partial charge is 0.416 e. The minimum absolute atomic E-state index is 0.00471. The van der Waals surface area contributed by atoms with Crippen LogP contribution in [0.2, 0.25) is 0 Å². The molecule has 2 N–H and O–H groups in total. The molecule has 1 aromatic carbocycles. The number of carbonyl (C=O) groups excluding carboxylic acids is 1. The predicted molar refractivity (Wildman–Crippen MR) is 129 cm³/mol. The van der Waals surface area contributed by atoms with Crippen LogP contribution in [-0.2, 0) is 20.4 Å². The summed E-state index contributed by atoms with van der Waals surface area (Å²) >= 11 is 0. The van der Waals surface area contributed by atoms with Gasteiger partial charge in [0.25, 0.3) is 0 Å². The van der Waals surface area contributed by atoms with E-state index in [1.165, 1.54) is 12.1 Å². The highest BCUT2D eigenvalue weighted by Crippen LogP contribution is 2.47. The molecule has 0 aromatic heterocycles. The molecule has 0 amide bonds. The Balaban J connectivity index is 1.49. The number of benzene rings is 1. The van der Waals surface area contributed by atoms with Gasteiger partial charge >= 0.3 is 6.18 Å². The second-order valence-corrected chi connectivity index (χ2v) is 10.5. The summed E-state index contributed by atoms with van der Waals surface area (Å²) in [6.45, 7) is 5.82. The van der Waals surface area contributed by atoms with E-state index in [4.69, 9.17) is 9.47 Å². The third-order valence-corrected chi connectivity index (χ3v) is 8.23. The van der Waals surface area contributed by atoms with Gasteiger partial charge in [-0.2, -0.15) is 13.2 Å². The Bertz CT molecular complexity index is 932. The molecule has 0 radical (unpaired) electrons. The van der Waals surface area contributed by atoms with Gasteiger partial charge in [-0.15, -0.1) is 0 Å². The molecule has 194 valence electrons. The van der Waals surface area contributed by atoms with Crippen LogP contribution in [0.1, 0.15) is 57.1 Å². The molecule has 5 nitrogen and oxygen atoms in total. The number of methoxy groups -OCH3 is 1. The van der Waals surface area contributed by atoms with Gasteiger partial charge in [0.15, 0.2) is 5.78 Å². The van der Waals surface area contributed by atoms with E-state index in [9.17, 15) is 18.0 Å². The monoisotopic (exact) mass is 494 g/mol. The van der Waals surface area contributed by atoms with Crippen molar-refractivity contribution in [2.75, 3.05) is 26.9 Å². The molecule has 2 fully saturated rings. The average molecular weight is 495 g/mol. The van der Waals surface area contributed by atoms with Gasteiger partial charge in [0.05, 0.1) is 24.3 Å². The Kier molecular flexibility index (Phi) is 8.05. The van der Waals surface area contributed by atoms with E-state index in [0.29, 0.717) is 25.3 Å². The van der Waals surface area contributed by atoms with Crippen LogP contribution in [0.25, 0.3) is 5.57 Å². The first-order valence-corrected chi connectivity index (χ1v) is 12.7. The third kappa shape index (κ3) is 5.50. The van der Waals surface area contributed by atoms with Gasteiger partial charge in [0.1, 0.15) is 0 Å². The number of Topliss-reactive ketones (excluding diaryl/α,β-unsaturated/α-hetero) is 1. The quantitative estimate of drug-likeness (QED) is 0.580. The molecular weight excluding hydrogens is 457 g/mol. The zero-order chi connectivity index (χ0) is 25.2. The SMILES string of the molecule is CO[C@@H]1COCCC1N[C@@H]1CCC(C(=O)C2CC(c3ccccc3C(F)(F)F)=CCN2)(C(C)C)C1. The predicted octanol–water partition coefficient (Wildman–Crippen LogP) is 4.61. The van der Waals surface area contributed by atoms with E-state index >= 15 is 0 Å². The fourth-order valence-electron chi connectivity index (χ4n) is 6.15.